The van der Waals surface area contributed by atoms with Crippen LogP contribution in [0.3, 0.4) is 0 Å². The Bertz CT molecular complexity index is 1030. The Morgan fingerprint density at radius 3 is 2.69 bits per heavy atom. The second-order valence-electron chi connectivity index (χ2n) is 6.51. The molecule has 1 N–H and O–H groups in total. The second kappa shape index (κ2) is 7.11. The maximum absolute atomic E-state index is 13.0. The molecule has 1 amide bonds. The van der Waals surface area contributed by atoms with Gasteiger partial charge in [-0.25, -0.2) is 9.36 Å². The Kier molecular flexibility index (Phi) is 4.88. The number of rotatable bonds is 5. The van der Waals surface area contributed by atoms with E-state index in [4.69, 9.17) is 0 Å². The predicted molar refractivity (Wildman–Crippen MR) is 101 cm³/mol. The molecule has 1 aromatic carbocycles. The molecule has 3 rings (SSSR count). The van der Waals surface area contributed by atoms with Crippen LogP contribution < -0.4 is 10.9 Å². The molecular weight excluding hydrogens is 330 g/mol. The summed E-state index contributed by atoms with van der Waals surface area (Å²) in [7, 11) is 0. The SMILES string of the molecule is CCCNC(=O)Cn1nc(C)c2cnn(-c3ccc(C)cc3C)c2c1=O. The minimum Gasteiger partial charge on any atom is -0.355 e. The molecule has 0 saturated heterocycles. The van der Waals surface area contributed by atoms with Crippen LogP contribution in [-0.2, 0) is 11.3 Å². The predicted octanol–water partition coefficient (Wildman–Crippen LogP) is 2.03. The highest BCUT2D eigenvalue weighted by atomic mass is 16.2. The Morgan fingerprint density at radius 2 is 2.00 bits per heavy atom. The van der Waals surface area contributed by atoms with Gasteiger partial charge in [0.25, 0.3) is 5.56 Å². The van der Waals surface area contributed by atoms with Crippen LogP contribution in [-0.4, -0.2) is 32.0 Å². The van der Waals surface area contributed by atoms with Crippen molar-refractivity contribution in [2.24, 2.45) is 0 Å². The number of amides is 1. The van der Waals surface area contributed by atoms with E-state index in [1.54, 1.807) is 10.9 Å². The molecule has 0 unspecified atom stereocenters. The molecule has 136 valence electrons. The van der Waals surface area contributed by atoms with E-state index in [1.165, 1.54) is 4.68 Å². The Labute approximate surface area is 151 Å². The summed E-state index contributed by atoms with van der Waals surface area (Å²) in [6.45, 7) is 8.27. The third-order valence-electron chi connectivity index (χ3n) is 4.31. The number of nitrogens with one attached hydrogen (secondary N) is 1. The first kappa shape index (κ1) is 17.8. The topological polar surface area (TPSA) is 81.8 Å². The van der Waals surface area contributed by atoms with Gasteiger partial charge in [0, 0.05) is 11.9 Å². The second-order valence-corrected chi connectivity index (χ2v) is 6.51. The van der Waals surface area contributed by atoms with Crippen molar-refractivity contribution in [3.63, 3.8) is 0 Å². The average molecular weight is 353 g/mol. The van der Waals surface area contributed by atoms with E-state index in [0.717, 1.165) is 23.2 Å². The third kappa shape index (κ3) is 3.24. The molecule has 0 radical (unpaired) electrons. The highest BCUT2D eigenvalue weighted by molar-refractivity contribution is 5.82. The van der Waals surface area contributed by atoms with E-state index in [9.17, 15) is 9.59 Å². The van der Waals surface area contributed by atoms with Gasteiger partial charge >= 0.3 is 0 Å². The van der Waals surface area contributed by atoms with Gasteiger partial charge in [0.05, 0.1) is 17.6 Å². The summed E-state index contributed by atoms with van der Waals surface area (Å²) in [5, 5.41) is 12.2. The van der Waals surface area contributed by atoms with Gasteiger partial charge in [0.15, 0.2) is 0 Å². The fourth-order valence-electron chi connectivity index (χ4n) is 3.01. The monoisotopic (exact) mass is 353 g/mol. The fourth-order valence-corrected chi connectivity index (χ4v) is 3.01. The molecule has 0 bridgehead atoms. The molecule has 3 aromatic rings. The van der Waals surface area contributed by atoms with Crippen LogP contribution in [0.5, 0.6) is 0 Å². The van der Waals surface area contributed by atoms with Crippen LogP contribution in [0.2, 0.25) is 0 Å². The average Bonchev–Trinajstić information content (AvgIpc) is 3.03. The molecule has 0 spiro atoms. The summed E-state index contributed by atoms with van der Waals surface area (Å²) >= 11 is 0. The normalized spacial score (nSPS) is 11.1. The molecule has 0 aliphatic rings. The van der Waals surface area contributed by atoms with Crippen molar-refractivity contribution in [2.45, 2.75) is 40.7 Å². The molecule has 0 aliphatic carbocycles. The number of nitrogens with zero attached hydrogens (tertiary/aromatic N) is 4. The van der Waals surface area contributed by atoms with Crippen molar-refractivity contribution in [1.29, 1.82) is 0 Å². The summed E-state index contributed by atoms with van der Waals surface area (Å²) in [5.74, 6) is -0.224. The first-order valence-electron chi connectivity index (χ1n) is 8.72. The maximum Gasteiger partial charge on any atom is 0.293 e. The quantitative estimate of drug-likeness (QED) is 0.761. The van der Waals surface area contributed by atoms with Gasteiger partial charge in [-0.1, -0.05) is 24.6 Å². The molecule has 0 fully saturated rings. The van der Waals surface area contributed by atoms with E-state index in [2.05, 4.69) is 15.5 Å². The lowest BCUT2D eigenvalue weighted by atomic mass is 10.1. The standard InChI is InChI=1S/C19H23N5O2/c1-5-8-20-17(25)11-23-19(26)18-15(14(4)22-23)10-21-24(18)16-7-6-12(2)9-13(16)3/h6-7,9-10H,5,8,11H2,1-4H3,(H,20,25). The van der Waals surface area contributed by atoms with Crippen LogP contribution in [0.4, 0.5) is 0 Å². The summed E-state index contributed by atoms with van der Waals surface area (Å²) in [6, 6.07) is 5.98. The molecule has 7 heteroatoms. The summed E-state index contributed by atoms with van der Waals surface area (Å²) in [6.07, 6.45) is 2.49. The van der Waals surface area contributed by atoms with Crippen molar-refractivity contribution >= 4 is 16.8 Å². The van der Waals surface area contributed by atoms with Crippen LogP contribution in [0, 0.1) is 20.8 Å². The molecule has 0 aliphatic heterocycles. The Morgan fingerprint density at radius 1 is 1.23 bits per heavy atom. The van der Waals surface area contributed by atoms with Crippen LogP contribution in [0.15, 0.2) is 29.2 Å². The highest BCUT2D eigenvalue weighted by Crippen LogP contribution is 2.20. The van der Waals surface area contributed by atoms with Gasteiger partial charge in [0.2, 0.25) is 5.91 Å². The minimum atomic E-state index is -0.324. The lowest BCUT2D eigenvalue weighted by Gasteiger charge is -2.10. The first-order valence-corrected chi connectivity index (χ1v) is 8.72. The summed E-state index contributed by atoms with van der Waals surface area (Å²) in [4.78, 5) is 25.0. The zero-order chi connectivity index (χ0) is 18.8. The van der Waals surface area contributed by atoms with E-state index in [0.29, 0.717) is 23.1 Å². The van der Waals surface area contributed by atoms with Gasteiger partial charge in [-0.2, -0.15) is 10.2 Å². The number of hydrogen-bond acceptors (Lipinski definition) is 4. The van der Waals surface area contributed by atoms with Crippen molar-refractivity contribution in [1.82, 2.24) is 24.9 Å². The van der Waals surface area contributed by atoms with E-state index in [1.807, 2.05) is 45.9 Å². The number of carbonyl (C=O) groups excluding carboxylic acids is 1. The Balaban J connectivity index is 2.13. The summed E-state index contributed by atoms with van der Waals surface area (Å²) in [5.41, 5.74) is 3.79. The molecule has 2 heterocycles. The van der Waals surface area contributed by atoms with Crippen molar-refractivity contribution in [2.75, 3.05) is 6.54 Å². The van der Waals surface area contributed by atoms with Crippen molar-refractivity contribution in [3.8, 4) is 5.69 Å². The van der Waals surface area contributed by atoms with E-state index >= 15 is 0 Å². The molecule has 7 nitrogen and oxygen atoms in total. The maximum atomic E-state index is 13.0. The van der Waals surface area contributed by atoms with Crippen molar-refractivity contribution < 1.29 is 4.79 Å². The minimum absolute atomic E-state index is 0.103. The molecule has 0 saturated carbocycles. The number of aryl methyl sites for hydroxylation is 3. The number of benzene rings is 1. The largest absolute Gasteiger partial charge is 0.355 e. The number of hydrogen-bond donors (Lipinski definition) is 1. The van der Waals surface area contributed by atoms with Gasteiger partial charge < -0.3 is 5.32 Å². The zero-order valence-electron chi connectivity index (χ0n) is 15.5. The lowest BCUT2D eigenvalue weighted by Crippen LogP contribution is -2.34. The first-order chi connectivity index (χ1) is 12.4. The molecule has 2 aromatic heterocycles. The fraction of sp³-hybridized carbons (Fsp3) is 0.368. The molecule has 0 atom stereocenters. The van der Waals surface area contributed by atoms with Crippen LogP contribution >= 0.6 is 0 Å². The summed E-state index contributed by atoms with van der Waals surface area (Å²) < 4.78 is 2.85. The van der Waals surface area contributed by atoms with E-state index < -0.39 is 0 Å². The smallest absolute Gasteiger partial charge is 0.293 e. The zero-order valence-corrected chi connectivity index (χ0v) is 15.5. The highest BCUT2D eigenvalue weighted by Gasteiger charge is 2.17. The number of aromatic nitrogens is 4. The number of fused-ring (bicyclic) bond motifs is 1. The molecule has 26 heavy (non-hydrogen) atoms. The van der Waals surface area contributed by atoms with Crippen LogP contribution in [0.1, 0.15) is 30.2 Å². The van der Waals surface area contributed by atoms with Gasteiger partial charge in [-0.05, 0) is 38.8 Å². The molecular formula is C19H23N5O2. The van der Waals surface area contributed by atoms with Gasteiger partial charge in [-0.3, -0.25) is 9.59 Å². The van der Waals surface area contributed by atoms with Crippen LogP contribution in [0.25, 0.3) is 16.6 Å². The third-order valence-corrected chi connectivity index (χ3v) is 4.31. The number of carbonyl (C=O) groups is 1. The van der Waals surface area contributed by atoms with Crippen molar-refractivity contribution in [3.05, 3.63) is 51.6 Å². The Hall–Kier alpha value is -2.96. The van der Waals surface area contributed by atoms with Gasteiger partial charge in [0.1, 0.15) is 12.1 Å². The van der Waals surface area contributed by atoms with Gasteiger partial charge in [-0.15, -0.1) is 0 Å². The lowest BCUT2D eigenvalue weighted by molar-refractivity contribution is -0.121. The van der Waals surface area contributed by atoms with E-state index in [-0.39, 0.29) is 18.0 Å².